The summed E-state index contributed by atoms with van der Waals surface area (Å²) in [6.45, 7) is 0.608. The SMILES string of the molecule is O=C(COC(=O)C1(c2ccccc2)CC1)NCC12CC3CC(CC(C3)C1)C2. The first-order chi connectivity index (χ1) is 13.1. The Morgan fingerprint density at radius 2 is 1.56 bits per heavy atom. The number of hydrogen-bond donors (Lipinski definition) is 1. The van der Waals surface area contributed by atoms with E-state index in [0.717, 1.165) is 42.7 Å². The number of carbonyl (C=O) groups is 2. The number of esters is 1. The zero-order valence-electron chi connectivity index (χ0n) is 15.9. The molecule has 5 saturated carbocycles. The molecule has 0 atom stereocenters. The van der Waals surface area contributed by atoms with E-state index in [4.69, 9.17) is 4.74 Å². The third kappa shape index (κ3) is 3.17. The molecule has 144 valence electrons. The standard InChI is InChI=1S/C23H29NO3/c25-20(14-27-21(26)23(6-7-23)19-4-2-1-3-5-19)24-15-22-11-16-8-17(12-22)10-18(9-16)13-22/h1-5,16-18H,6-15H2,(H,24,25). The van der Waals surface area contributed by atoms with Crippen molar-refractivity contribution in [1.29, 1.82) is 0 Å². The van der Waals surface area contributed by atoms with E-state index >= 15 is 0 Å². The van der Waals surface area contributed by atoms with E-state index in [-0.39, 0.29) is 18.5 Å². The second-order valence-corrected chi connectivity index (χ2v) is 9.72. The number of benzene rings is 1. The summed E-state index contributed by atoms with van der Waals surface area (Å²) < 4.78 is 5.41. The fourth-order valence-electron chi connectivity index (χ4n) is 6.61. The van der Waals surface area contributed by atoms with Crippen molar-refractivity contribution in [3.8, 4) is 0 Å². The van der Waals surface area contributed by atoms with Gasteiger partial charge < -0.3 is 10.1 Å². The smallest absolute Gasteiger partial charge is 0.317 e. The lowest BCUT2D eigenvalue weighted by atomic mass is 9.49. The Bertz CT molecular complexity index is 702. The maximum atomic E-state index is 12.6. The van der Waals surface area contributed by atoms with E-state index in [1.165, 1.54) is 38.5 Å². The van der Waals surface area contributed by atoms with Crippen LogP contribution in [0.3, 0.4) is 0 Å². The van der Waals surface area contributed by atoms with Crippen LogP contribution >= 0.6 is 0 Å². The van der Waals surface area contributed by atoms with Crippen molar-refractivity contribution in [1.82, 2.24) is 5.32 Å². The highest BCUT2D eigenvalue weighted by molar-refractivity contribution is 5.88. The van der Waals surface area contributed by atoms with Crippen LogP contribution in [0.1, 0.15) is 56.9 Å². The van der Waals surface area contributed by atoms with Crippen molar-refractivity contribution < 1.29 is 14.3 Å². The second-order valence-electron chi connectivity index (χ2n) is 9.72. The second kappa shape index (κ2) is 6.35. The molecule has 1 aromatic rings. The van der Waals surface area contributed by atoms with E-state index in [2.05, 4.69) is 5.32 Å². The minimum absolute atomic E-state index is 0.150. The lowest BCUT2D eigenvalue weighted by Gasteiger charge is -2.56. The van der Waals surface area contributed by atoms with Crippen molar-refractivity contribution in [3.63, 3.8) is 0 Å². The Kier molecular flexibility index (Phi) is 4.06. The molecule has 0 spiro atoms. The van der Waals surface area contributed by atoms with Gasteiger partial charge in [0.1, 0.15) is 0 Å². The molecule has 1 N–H and O–H groups in total. The summed E-state index contributed by atoms with van der Waals surface area (Å²) in [6, 6.07) is 9.79. The van der Waals surface area contributed by atoms with Gasteiger partial charge in [0.25, 0.3) is 5.91 Å². The van der Waals surface area contributed by atoms with Crippen LogP contribution in [0.4, 0.5) is 0 Å². The van der Waals surface area contributed by atoms with Gasteiger partial charge in [-0.25, -0.2) is 0 Å². The predicted molar refractivity (Wildman–Crippen MR) is 102 cm³/mol. The average Bonchev–Trinajstić information content (AvgIpc) is 3.46. The molecular formula is C23H29NO3. The van der Waals surface area contributed by atoms with Crippen molar-refractivity contribution in [2.75, 3.05) is 13.2 Å². The first-order valence-electron chi connectivity index (χ1n) is 10.6. The molecule has 5 aliphatic rings. The summed E-state index contributed by atoms with van der Waals surface area (Å²) in [6.07, 6.45) is 9.67. The highest BCUT2D eigenvalue weighted by Crippen LogP contribution is 2.59. The Morgan fingerprint density at radius 3 is 2.11 bits per heavy atom. The summed E-state index contributed by atoms with van der Waals surface area (Å²) >= 11 is 0. The van der Waals surface area contributed by atoms with E-state index in [9.17, 15) is 9.59 Å². The fourth-order valence-corrected chi connectivity index (χ4v) is 6.61. The first kappa shape index (κ1) is 17.3. The van der Waals surface area contributed by atoms with Crippen molar-refractivity contribution >= 4 is 11.9 Å². The van der Waals surface area contributed by atoms with Crippen molar-refractivity contribution in [2.24, 2.45) is 23.2 Å². The zero-order chi connectivity index (χ0) is 18.5. The highest BCUT2D eigenvalue weighted by Gasteiger charge is 2.53. The summed E-state index contributed by atoms with van der Waals surface area (Å²) in [4.78, 5) is 24.9. The van der Waals surface area contributed by atoms with Gasteiger partial charge in [0.05, 0.1) is 5.41 Å². The molecule has 0 unspecified atom stereocenters. The van der Waals surface area contributed by atoms with Crippen molar-refractivity contribution in [3.05, 3.63) is 35.9 Å². The van der Waals surface area contributed by atoms with Gasteiger partial charge >= 0.3 is 5.97 Å². The maximum Gasteiger partial charge on any atom is 0.317 e. The molecule has 0 radical (unpaired) electrons. The van der Waals surface area contributed by atoms with Crippen LogP contribution in [0.25, 0.3) is 0 Å². The van der Waals surface area contributed by atoms with Crippen LogP contribution in [0, 0.1) is 23.2 Å². The van der Waals surface area contributed by atoms with Gasteiger partial charge in [0.2, 0.25) is 0 Å². The molecular weight excluding hydrogens is 338 g/mol. The molecule has 5 fully saturated rings. The molecule has 0 aromatic heterocycles. The molecule has 6 rings (SSSR count). The zero-order valence-corrected chi connectivity index (χ0v) is 15.9. The van der Waals surface area contributed by atoms with Gasteiger partial charge in [0.15, 0.2) is 6.61 Å². The van der Waals surface area contributed by atoms with Crippen LogP contribution in [0.5, 0.6) is 0 Å². The molecule has 1 amide bonds. The number of ether oxygens (including phenoxy) is 1. The lowest BCUT2D eigenvalue weighted by Crippen LogP contribution is -2.51. The van der Waals surface area contributed by atoms with Gasteiger partial charge in [-0.3, -0.25) is 9.59 Å². The van der Waals surface area contributed by atoms with Crippen LogP contribution in [-0.4, -0.2) is 25.0 Å². The van der Waals surface area contributed by atoms with Gasteiger partial charge in [-0.05, 0) is 80.1 Å². The summed E-state index contributed by atoms with van der Waals surface area (Å²) in [5.41, 5.74) is 0.807. The predicted octanol–water partition coefficient (Wildman–Crippen LogP) is 3.59. The Balaban J connectivity index is 1.13. The Morgan fingerprint density at radius 1 is 0.963 bits per heavy atom. The Labute approximate surface area is 161 Å². The van der Waals surface area contributed by atoms with Crippen LogP contribution < -0.4 is 5.32 Å². The van der Waals surface area contributed by atoms with Crippen LogP contribution in [-0.2, 0) is 19.7 Å². The monoisotopic (exact) mass is 367 g/mol. The van der Waals surface area contributed by atoms with Gasteiger partial charge in [-0.15, -0.1) is 0 Å². The van der Waals surface area contributed by atoms with Crippen molar-refractivity contribution in [2.45, 2.75) is 56.8 Å². The maximum absolute atomic E-state index is 12.6. The quantitative estimate of drug-likeness (QED) is 0.782. The molecule has 4 bridgehead atoms. The van der Waals surface area contributed by atoms with Gasteiger partial charge in [-0.1, -0.05) is 30.3 Å². The van der Waals surface area contributed by atoms with Crippen LogP contribution in [0.2, 0.25) is 0 Å². The molecule has 4 heteroatoms. The summed E-state index contributed by atoms with van der Waals surface area (Å²) in [5.74, 6) is 2.24. The summed E-state index contributed by atoms with van der Waals surface area (Å²) in [5, 5.41) is 3.09. The number of carbonyl (C=O) groups excluding carboxylic acids is 2. The fraction of sp³-hybridized carbons (Fsp3) is 0.652. The van der Waals surface area contributed by atoms with Crippen LogP contribution in [0.15, 0.2) is 30.3 Å². The molecule has 1 aromatic carbocycles. The van der Waals surface area contributed by atoms with E-state index < -0.39 is 5.41 Å². The molecule has 0 heterocycles. The highest BCUT2D eigenvalue weighted by atomic mass is 16.5. The Hall–Kier alpha value is -1.84. The number of hydrogen-bond acceptors (Lipinski definition) is 3. The lowest BCUT2D eigenvalue weighted by molar-refractivity contribution is -0.151. The molecule has 5 aliphatic carbocycles. The number of amides is 1. The van der Waals surface area contributed by atoms with E-state index in [0.29, 0.717) is 5.41 Å². The molecule has 0 aliphatic heterocycles. The largest absolute Gasteiger partial charge is 0.455 e. The molecule has 0 saturated heterocycles. The first-order valence-corrected chi connectivity index (χ1v) is 10.6. The number of rotatable bonds is 6. The van der Waals surface area contributed by atoms with Gasteiger partial charge in [0, 0.05) is 6.54 Å². The molecule has 27 heavy (non-hydrogen) atoms. The van der Waals surface area contributed by atoms with E-state index in [1.54, 1.807) is 0 Å². The average molecular weight is 367 g/mol. The van der Waals surface area contributed by atoms with Gasteiger partial charge in [-0.2, -0.15) is 0 Å². The third-order valence-corrected chi connectivity index (χ3v) is 7.63. The minimum Gasteiger partial charge on any atom is -0.455 e. The van der Waals surface area contributed by atoms with E-state index in [1.807, 2.05) is 30.3 Å². The third-order valence-electron chi connectivity index (χ3n) is 7.63. The summed E-state index contributed by atoms with van der Waals surface area (Å²) in [7, 11) is 0. The normalized spacial score (nSPS) is 34.9. The topological polar surface area (TPSA) is 55.4 Å². The molecule has 4 nitrogen and oxygen atoms in total. The minimum atomic E-state index is -0.512. The number of nitrogens with one attached hydrogen (secondary N) is 1.